The summed E-state index contributed by atoms with van der Waals surface area (Å²) in [5.74, 6) is -2.95. The molecular weight excluding hydrogens is 321 g/mol. The number of halogens is 1. The van der Waals surface area contributed by atoms with Crippen molar-refractivity contribution in [3.8, 4) is 6.07 Å². The van der Waals surface area contributed by atoms with Gasteiger partial charge in [0.25, 0.3) is 5.91 Å². The quantitative estimate of drug-likeness (QED) is 0.853. The number of benzene rings is 2. The highest BCUT2D eigenvalue weighted by Crippen LogP contribution is 2.25. The highest BCUT2D eigenvalue weighted by atomic mass is 19.1. The van der Waals surface area contributed by atoms with Crippen LogP contribution in [-0.2, 0) is 4.79 Å². The zero-order valence-electron chi connectivity index (χ0n) is 13.1. The first-order valence-corrected chi connectivity index (χ1v) is 7.46. The summed E-state index contributed by atoms with van der Waals surface area (Å²) < 4.78 is 13.6. The van der Waals surface area contributed by atoms with Crippen molar-refractivity contribution in [2.45, 2.75) is 18.4 Å². The second kappa shape index (κ2) is 8.37. The van der Waals surface area contributed by atoms with Crippen LogP contribution in [0, 0.1) is 23.7 Å². The highest BCUT2D eigenvalue weighted by Gasteiger charge is 2.30. The number of nitriles is 1. The Hall–Kier alpha value is -3.51. The molecule has 0 aliphatic carbocycles. The van der Waals surface area contributed by atoms with Gasteiger partial charge in [0.15, 0.2) is 6.07 Å². The lowest BCUT2D eigenvalue weighted by molar-refractivity contribution is -0.120. The molecule has 0 aliphatic heterocycles. The first kappa shape index (κ1) is 17.8. The smallest absolute Gasteiger partial charge is 0.297 e. The van der Waals surface area contributed by atoms with Gasteiger partial charge in [0.05, 0.1) is 11.5 Å². The lowest BCUT2D eigenvalue weighted by Crippen LogP contribution is -2.33. The Morgan fingerprint density at radius 3 is 2.40 bits per heavy atom. The van der Waals surface area contributed by atoms with Crippen molar-refractivity contribution in [1.82, 2.24) is 5.32 Å². The third-order valence-electron chi connectivity index (χ3n) is 3.66. The Labute approximate surface area is 144 Å². The molecule has 124 valence electrons. The van der Waals surface area contributed by atoms with E-state index >= 15 is 0 Å². The molecule has 0 bridgehead atoms. The first-order valence-electron chi connectivity index (χ1n) is 7.46. The Bertz CT molecular complexity index is 839. The van der Waals surface area contributed by atoms with Gasteiger partial charge < -0.3 is 0 Å². The van der Waals surface area contributed by atoms with E-state index in [0.717, 1.165) is 6.07 Å². The predicted octanol–water partition coefficient (Wildman–Crippen LogP) is 3.07. The molecule has 0 aliphatic rings. The van der Waals surface area contributed by atoms with Crippen LogP contribution in [0.5, 0.6) is 0 Å². The molecule has 5 nitrogen and oxygen atoms in total. The average Bonchev–Trinajstić information content (AvgIpc) is 2.62. The minimum absolute atomic E-state index is 0.231. The van der Waals surface area contributed by atoms with Crippen LogP contribution in [0.4, 0.5) is 4.39 Å². The van der Waals surface area contributed by atoms with Gasteiger partial charge in [0, 0.05) is 6.42 Å². The molecule has 2 amide bonds. The Morgan fingerprint density at radius 2 is 1.80 bits per heavy atom. The average molecular weight is 335 g/mol. The number of nitrogens with zero attached hydrogens (tertiary/aromatic N) is 2. The van der Waals surface area contributed by atoms with Gasteiger partial charge in [-0.25, -0.2) is 11.0 Å². The number of hydrogen-bond donors (Lipinski definition) is 1. The lowest BCUT2D eigenvalue weighted by Gasteiger charge is -2.14. The van der Waals surface area contributed by atoms with E-state index in [2.05, 4.69) is 10.2 Å². The first-order chi connectivity index (χ1) is 12.1. The molecule has 0 aromatic heterocycles. The SMILES string of the molecule is [C-]#[N+]C(C#N)[C@@H](CC(=O)NC(=O)c1ccccc1F)c1ccccc1. The van der Waals surface area contributed by atoms with Crippen molar-refractivity contribution in [2.75, 3.05) is 0 Å². The van der Waals surface area contributed by atoms with Gasteiger partial charge in [-0.2, -0.15) is 5.26 Å². The van der Waals surface area contributed by atoms with E-state index in [1.165, 1.54) is 18.2 Å². The summed E-state index contributed by atoms with van der Waals surface area (Å²) in [6.07, 6.45) is -0.231. The van der Waals surface area contributed by atoms with Crippen molar-refractivity contribution in [1.29, 1.82) is 5.26 Å². The molecular formula is C19H14FN3O2. The van der Waals surface area contributed by atoms with Crippen LogP contribution < -0.4 is 5.32 Å². The summed E-state index contributed by atoms with van der Waals surface area (Å²) in [6.45, 7) is 7.14. The van der Waals surface area contributed by atoms with Crippen LogP contribution in [0.25, 0.3) is 4.85 Å². The van der Waals surface area contributed by atoms with Gasteiger partial charge in [0.2, 0.25) is 5.91 Å². The van der Waals surface area contributed by atoms with E-state index < -0.39 is 29.6 Å². The van der Waals surface area contributed by atoms with E-state index in [1.807, 2.05) is 6.07 Å². The summed E-state index contributed by atoms with van der Waals surface area (Å²) in [4.78, 5) is 27.4. The molecule has 0 spiro atoms. The molecule has 2 aromatic rings. The van der Waals surface area contributed by atoms with Crippen LogP contribution in [0.2, 0.25) is 0 Å². The number of nitrogens with one attached hydrogen (secondary N) is 1. The number of carbonyl (C=O) groups excluding carboxylic acids is 2. The molecule has 25 heavy (non-hydrogen) atoms. The number of imide groups is 1. The number of hydrogen-bond acceptors (Lipinski definition) is 3. The van der Waals surface area contributed by atoms with Gasteiger partial charge in [0.1, 0.15) is 5.82 Å². The zero-order chi connectivity index (χ0) is 18.2. The van der Waals surface area contributed by atoms with Crippen LogP contribution >= 0.6 is 0 Å². The van der Waals surface area contributed by atoms with Gasteiger partial charge in [-0.3, -0.25) is 19.8 Å². The molecule has 0 radical (unpaired) electrons. The molecule has 6 heteroatoms. The second-order valence-electron chi connectivity index (χ2n) is 5.28. The van der Waals surface area contributed by atoms with Crippen molar-refractivity contribution in [3.05, 3.63) is 83.0 Å². The maximum absolute atomic E-state index is 13.6. The van der Waals surface area contributed by atoms with E-state index in [1.54, 1.807) is 30.3 Å². The van der Waals surface area contributed by atoms with Crippen molar-refractivity contribution >= 4 is 11.8 Å². The van der Waals surface area contributed by atoms with E-state index in [0.29, 0.717) is 5.56 Å². The van der Waals surface area contributed by atoms with E-state index in [9.17, 15) is 14.0 Å². The van der Waals surface area contributed by atoms with Crippen LogP contribution in [0.3, 0.4) is 0 Å². The number of rotatable bonds is 5. The van der Waals surface area contributed by atoms with Gasteiger partial charge in [-0.1, -0.05) is 42.5 Å². The van der Waals surface area contributed by atoms with Crippen LogP contribution in [0.1, 0.15) is 28.3 Å². The summed E-state index contributed by atoms with van der Waals surface area (Å²) in [6, 6.07) is 14.8. The van der Waals surface area contributed by atoms with Crippen LogP contribution in [-0.4, -0.2) is 17.9 Å². The van der Waals surface area contributed by atoms with Gasteiger partial charge in [-0.15, -0.1) is 0 Å². The fourth-order valence-electron chi connectivity index (χ4n) is 2.41. The fraction of sp³-hybridized carbons (Fsp3) is 0.158. The number of amides is 2. The molecule has 2 atom stereocenters. The van der Waals surface area contributed by atoms with Crippen molar-refractivity contribution in [3.63, 3.8) is 0 Å². The second-order valence-corrected chi connectivity index (χ2v) is 5.28. The zero-order valence-corrected chi connectivity index (χ0v) is 13.1. The third-order valence-corrected chi connectivity index (χ3v) is 3.66. The minimum Gasteiger partial charge on any atom is -0.297 e. The summed E-state index contributed by atoms with van der Waals surface area (Å²) in [5.41, 5.74) is 0.410. The lowest BCUT2D eigenvalue weighted by atomic mass is 9.89. The molecule has 1 N–H and O–H groups in total. The monoisotopic (exact) mass is 335 g/mol. The molecule has 2 aromatic carbocycles. The molecule has 1 unspecified atom stereocenters. The van der Waals surface area contributed by atoms with E-state index in [-0.39, 0.29) is 12.0 Å². The van der Waals surface area contributed by atoms with Crippen LogP contribution in [0.15, 0.2) is 54.6 Å². The third kappa shape index (κ3) is 4.49. The highest BCUT2D eigenvalue weighted by molar-refractivity contribution is 6.05. The van der Waals surface area contributed by atoms with Crippen molar-refractivity contribution < 1.29 is 14.0 Å². The maximum Gasteiger partial charge on any atom is 0.314 e. The summed E-state index contributed by atoms with van der Waals surface area (Å²) in [7, 11) is 0. The summed E-state index contributed by atoms with van der Waals surface area (Å²) >= 11 is 0. The molecule has 0 heterocycles. The Morgan fingerprint density at radius 1 is 1.16 bits per heavy atom. The molecule has 0 fully saturated rings. The summed E-state index contributed by atoms with van der Waals surface area (Å²) in [5, 5.41) is 11.3. The normalized spacial score (nSPS) is 12.3. The number of carbonyl (C=O) groups is 2. The Kier molecular flexibility index (Phi) is 5.97. The fourth-order valence-corrected chi connectivity index (χ4v) is 2.41. The minimum atomic E-state index is -1.06. The molecule has 0 saturated carbocycles. The Balaban J connectivity index is 2.15. The predicted molar refractivity (Wildman–Crippen MR) is 88.7 cm³/mol. The topological polar surface area (TPSA) is 74.3 Å². The molecule has 2 rings (SSSR count). The standard InChI is InChI=1S/C19H14FN3O2/c1-22-17(12-21)15(13-7-3-2-4-8-13)11-18(24)23-19(25)14-9-5-6-10-16(14)20/h2-10,15,17H,11H2,(H,23,24,25)/t15-,17?/m0/s1. The van der Waals surface area contributed by atoms with Gasteiger partial charge in [-0.05, 0) is 17.7 Å². The molecule has 0 saturated heterocycles. The van der Waals surface area contributed by atoms with Gasteiger partial charge >= 0.3 is 6.04 Å². The largest absolute Gasteiger partial charge is 0.314 e. The van der Waals surface area contributed by atoms with E-state index in [4.69, 9.17) is 11.8 Å². The van der Waals surface area contributed by atoms with Crippen molar-refractivity contribution in [2.24, 2.45) is 0 Å². The maximum atomic E-state index is 13.6.